The van der Waals surface area contributed by atoms with Crippen molar-refractivity contribution in [1.29, 1.82) is 0 Å². The van der Waals surface area contributed by atoms with Crippen LogP contribution in [0.5, 0.6) is 0 Å². The van der Waals surface area contributed by atoms with Crippen LogP contribution in [0.3, 0.4) is 0 Å². The Balaban J connectivity index is 1.57. The van der Waals surface area contributed by atoms with Crippen LogP contribution in [-0.4, -0.2) is 36.6 Å². The Hall–Kier alpha value is -1.37. The van der Waals surface area contributed by atoms with E-state index in [1.165, 1.54) is 20.2 Å². The van der Waals surface area contributed by atoms with Crippen LogP contribution in [0.1, 0.15) is 55.4 Å². The molecule has 2 fully saturated rings. The summed E-state index contributed by atoms with van der Waals surface area (Å²) in [7, 11) is -0.736. The van der Waals surface area contributed by atoms with Gasteiger partial charge < -0.3 is 18.6 Å². The van der Waals surface area contributed by atoms with Crippen molar-refractivity contribution >= 4 is 56.7 Å². The van der Waals surface area contributed by atoms with Crippen molar-refractivity contribution in [2.24, 2.45) is 0 Å². The van der Waals surface area contributed by atoms with E-state index in [2.05, 4.69) is 91.8 Å². The van der Waals surface area contributed by atoms with Crippen molar-refractivity contribution in [1.82, 2.24) is 0 Å². The standard InChI is InChI=1S/C24H30B2O4S/c1-21(2)22(3,4)28-25(27-21)15-12-13-19-17(14-15)16-10-9-11-18(20(16)31-19)26-29-23(5,6)24(7,8)30-26/h9-14H,1-8H3. The number of rotatable bonds is 2. The Kier molecular flexibility index (Phi) is 4.56. The summed E-state index contributed by atoms with van der Waals surface area (Å²) in [5, 5.41) is 2.43. The Labute approximate surface area is 189 Å². The largest absolute Gasteiger partial charge is 0.496 e. The maximum Gasteiger partial charge on any atom is 0.496 e. The van der Waals surface area contributed by atoms with Gasteiger partial charge in [0.05, 0.1) is 22.4 Å². The van der Waals surface area contributed by atoms with E-state index in [4.69, 9.17) is 18.6 Å². The van der Waals surface area contributed by atoms with E-state index in [0.717, 1.165) is 10.9 Å². The first-order valence-electron chi connectivity index (χ1n) is 11.0. The molecule has 2 aliphatic heterocycles. The highest BCUT2D eigenvalue weighted by molar-refractivity contribution is 7.27. The summed E-state index contributed by atoms with van der Waals surface area (Å²) in [4.78, 5) is 0. The van der Waals surface area contributed by atoms with Gasteiger partial charge >= 0.3 is 14.2 Å². The third kappa shape index (κ3) is 3.20. The molecule has 1 aromatic heterocycles. The summed E-state index contributed by atoms with van der Waals surface area (Å²) in [5.41, 5.74) is 0.711. The molecule has 0 saturated carbocycles. The van der Waals surface area contributed by atoms with Crippen molar-refractivity contribution in [2.45, 2.75) is 77.8 Å². The molecule has 0 N–H and O–H groups in total. The summed E-state index contributed by atoms with van der Waals surface area (Å²) >= 11 is 1.78. The molecule has 4 nitrogen and oxygen atoms in total. The van der Waals surface area contributed by atoms with E-state index in [1.807, 2.05) is 0 Å². The quantitative estimate of drug-likeness (QED) is 0.549. The third-order valence-corrected chi connectivity index (χ3v) is 8.82. The van der Waals surface area contributed by atoms with Crippen molar-refractivity contribution < 1.29 is 18.6 Å². The highest BCUT2D eigenvalue weighted by Gasteiger charge is 2.53. The molecule has 5 rings (SSSR count). The molecule has 31 heavy (non-hydrogen) atoms. The van der Waals surface area contributed by atoms with Crippen LogP contribution in [-0.2, 0) is 18.6 Å². The van der Waals surface area contributed by atoms with Gasteiger partial charge in [-0.25, -0.2) is 0 Å². The molecule has 0 spiro atoms. The van der Waals surface area contributed by atoms with E-state index in [-0.39, 0.29) is 36.6 Å². The lowest BCUT2D eigenvalue weighted by Crippen LogP contribution is -2.41. The van der Waals surface area contributed by atoms with Crippen LogP contribution in [0.4, 0.5) is 0 Å². The monoisotopic (exact) mass is 436 g/mol. The molecule has 3 heterocycles. The molecule has 0 bridgehead atoms. The second-order valence-corrected chi connectivity index (χ2v) is 11.8. The second kappa shape index (κ2) is 6.58. The van der Waals surface area contributed by atoms with Crippen molar-refractivity contribution in [2.75, 3.05) is 0 Å². The average molecular weight is 436 g/mol. The number of thiophene rings is 1. The highest BCUT2D eigenvalue weighted by atomic mass is 32.1. The molecule has 162 valence electrons. The molecule has 0 atom stereocenters. The van der Waals surface area contributed by atoms with Gasteiger partial charge in [0, 0.05) is 14.9 Å². The second-order valence-electron chi connectivity index (χ2n) is 10.8. The maximum absolute atomic E-state index is 6.35. The lowest BCUT2D eigenvalue weighted by molar-refractivity contribution is 0.00578. The van der Waals surface area contributed by atoms with Crippen molar-refractivity contribution in [3.63, 3.8) is 0 Å². The minimum atomic E-state index is -0.371. The first-order chi connectivity index (χ1) is 14.3. The molecule has 2 aliphatic rings. The smallest absolute Gasteiger partial charge is 0.399 e. The van der Waals surface area contributed by atoms with Gasteiger partial charge in [0.1, 0.15) is 0 Å². The minimum Gasteiger partial charge on any atom is -0.399 e. The first-order valence-corrected chi connectivity index (χ1v) is 11.8. The zero-order chi connectivity index (χ0) is 22.4. The maximum atomic E-state index is 6.35. The van der Waals surface area contributed by atoms with E-state index < -0.39 is 0 Å². The van der Waals surface area contributed by atoms with E-state index >= 15 is 0 Å². The molecule has 2 aromatic carbocycles. The fraction of sp³-hybridized carbons (Fsp3) is 0.500. The van der Waals surface area contributed by atoms with Gasteiger partial charge in [-0.15, -0.1) is 11.3 Å². The fourth-order valence-electron chi connectivity index (χ4n) is 4.12. The van der Waals surface area contributed by atoms with Crippen LogP contribution in [0.25, 0.3) is 20.2 Å². The molecule has 0 amide bonds. The third-order valence-electron chi connectivity index (χ3n) is 7.58. The number of hydrogen-bond donors (Lipinski definition) is 0. The topological polar surface area (TPSA) is 36.9 Å². The summed E-state index contributed by atoms with van der Waals surface area (Å²) in [6, 6.07) is 12.9. The summed E-state index contributed by atoms with van der Waals surface area (Å²) < 4.78 is 27.7. The minimum absolute atomic E-state index is 0.354. The molecule has 3 aromatic rings. The number of hydrogen-bond acceptors (Lipinski definition) is 5. The van der Waals surface area contributed by atoms with Crippen LogP contribution in [0.2, 0.25) is 0 Å². The average Bonchev–Trinajstić information content (AvgIpc) is 3.21. The summed E-state index contributed by atoms with van der Waals surface area (Å²) in [6.07, 6.45) is 0. The molecule has 2 saturated heterocycles. The molecular formula is C24H30B2O4S. The van der Waals surface area contributed by atoms with Crippen LogP contribution < -0.4 is 10.9 Å². The molecule has 7 heteroatoms. The molecule has 0 unspecified atom stereocenters. The van der Waals surface area contributed by atoms with Gasteiger partial charge in [0.2, 0.25) is 0 Å². The highest BCUT2D eigenvalue weighted by Crippen LogP contribution is 2.40. The Morgan fingerprint density at radius 1 is 0.645 bits per heavy atom. The van der Waals surface area contributed by atoms with Gasteiger partial charge in [-0.2, -0.15) is 0 Å². The van der Waals surface area contributed by atoms with E-state index in [9.17, 15) is 0 Å². The molecule has 0 radical (unpaired) electrons. The van der Waals surface area contributed by atoms with Crippen LogP contribution in [0, 0.1) is 0 Å². The number of fused-ring (bicyclic) bond motifs is 3. The Bertz CT molecular complexity index is 1150. The summed E-state index contributed by atoms with van der Waals surface area (Å²) in [5.74, 6) is 0. The predicted molar refractivity (Wildman–Crippen MR) is 131 cm³/mol. The lowest BCUT2D eigenvalue weighted by atomic mass is 9.77. The van der Waals surface area contributed by atoms with Gasteiger partial charge in [-0.3, -0.25) is 0 Å². The predicted octanol–water partition coefficient (Wildman–Crippen LogP) is 4.65. The Morgan fingerprint density at radius 2 is 1.19 bits per heavy atom. The molecule has 0 aliphatic carbocycles. The van der Waals surface area contributed by atoms with E-state index in [1.54, 1.807) is 11.3 Å². The fourth-order valence-corrected chi connectivity index (χ4v) is 5.32. The zero-order valence-electron chi connectivity index (χ0n) is 19.7. The van der Waals surface area contributed by atoms with Gasteiger partial charge in [-0.05, 0) is 77.7 Å². The van der Waals surface area contributed by atoms with Gasteiger partial charge in [0.15, 0.2) is 0 Å². The van der Waals surface area contributed by atoms with E-state index in [0.29, 0.717) is 0 Å². The van der Waals surface area contributed by atoms with Gasteiger partial charge in [-0.1, -0.05) is 30.3 Å². The number of benzene rings is 2. The Morgan fingerprint density at radius 3 is 1.77 bits per heavy atom. The van der Waals surface area contributed by atoms with Crippen molar-refractivity contribution in [3.05, 3.63) is 36.4 Å². The first kappa shape index (κ1) is 21.5. The van der Waals surface area contributed by atoms with Crippen LogP contribution in [0.15, 0.2) is 36.4 Å². The molecular weight excluding hydrogens is 406 g/mol. The van der Waals surface area contributed by atoms with Crippen LogP contribution >= 0.6 is 11.3 Å². The van der Waals surface area contributed by atoms with Gasteiger partial charge in [0.25, 0.3) is 0 Å². The SMILES string of the molecule is CC1(C)OB(c2ccc3sc4c(B5OC(C)(C)C(C)(C)O5)cccc4c3c2)OC1(C)C. The normalized spacial score (nSPS) is 23.9. The zero-order valence-corrected chi connectivity index (χ0v) is 20.5. The lowest BCUT2D eigenvalue weighted by Gasteiger charge is -2.32. The van der Waals surface area contributed by atoms with Crippen molar-refractivity contribution in [3.8, 4) is 0 Å². The summed E-state index contributed by atoms with van der Waals surface area (Å²) in [6.45, 7) is 16.7.